The van der Waals surface area contributed by atoms with Crippen LogP contribution in [0.25, 0.3) is 0 Å². The summed E-state index contributed by atoms with van der Waals surface area (Å²) in [7, 11) is 1.97. The summed E-state index contributed by atoms with van der Waals surface area (Å²) in [6, 6.07) is 23.7. The molecule has 0 unspecified atom stereocenters. The predicted molar refractivity (Wildman–Crippen MR) is 162 cm³/mol. The van der Waals surface area contributed by atoms with Gasteiger partial charge in [-0.3, -0.25) is 9.69 Å². The molecule has 0 aliphatic carbocycles. The maximum absolute atomic E-state index is 12.4. The lowest BCUT2D eigenvalue weighted by atomic mass is 9.98. The third kappa shape index (κ3) is 9.09. The van der Waals surface area contributed by atoms with E-state index in [1.54, 1.807) is 25.1 Å². The Balaban J connectivity index is 1.49. The average Bonchev–Trinajstić information content (AvgIpc) is 3.03. The quantitative estimate of drug-likeness (QED) is 0.227. The highest BCUT2D eigenvalue weighted by Crippen LogP contribution is 2.39. The van der Waals surface area contributed by atoms with Crippen molar-refractivity contribution in [3.63, 3.8) is 0 Å². The molecule has 0 aromatic heterocycles. The normalized spacial score (nSPS) is 19.8. The first-order valence-corrected chi connectivity index (χ1v) is 14.5. The fourth-order valence-electron chi connectivity index (χ4n) is 4.99. The Hall–Kier alpha value is -3.80. The van der Waals surface area contributed by atoms with E-state index in [1.807, 2.05) is 74.6 Å². The van der Waals surface area contributed by atoms with Crippen LogP contribution < -0.4 is 10.6 Å². The largest absolute Gasteiger partial charge is 0.465 e. The SMILES string of the molecule is CCOC(=O)CNC(=O)Nc1cccc([C@H]2O[C@@H](CN(C)[C@@H](C)[C@H](O)c3ccccc3)C[C@@H](c3ccc(CO)cc3)O2)c1. The van der Waals surface area contributed by atoms with Gasteiger partial charge in [0.2, 0.25) is 0 Å². The summed E-state index contributed by atoms with van der Waals surface area (Å²) in [6.07, 6.45) is -1.33. The number of ether oxygens (including phenoxy) is 3. The van der Waals surface area contributed by atoms with Crippen molar-refractivity contribution in [3.05, 3.63) is 101 Å². The summed E-state index contributed by atoms with van der Waals surface area (Å²) in [5.41, 5.74) is 3.85. The Bertz CT molecular complexity index is 1320. The van der Waals surface area contributed by atoms with Crippen LogP contribution in [-0.4, -0.2) is 66.0 Å². The number of carbonyl (C=O) groups is 2. The van der Waals surface area contributed by atoms with Crippen molar-refractivity contribution in [3.8, 4) is 0 Å². The number of nitrogens with one attached hydrogen (secondary N) is 2. The molecule has 0 saturated carbocycles. The number of benzene rings is 3. The number of urea groups is 1. The number of hydrogen-bond acceptors (Lipinski definition) is 8. The fraction of sp³-hybridized carbons (Fsp3) is 0.394. The Morgan fingerprint density at radius 1 is 1.02 bits per heavy atom. The molecule has 0 spiro atoms. The Morgan fingerprint density at radius 3 is 2.47 bits per heavy atom. The van der Waals surface area contributed by atoms with Crippen molar-refractivity contribution in [1.82, 2.24) is 10.2 Å². The summed E-state index contributed by atoms with van der Waals surface area (Å²) in [4.78, 5) is 26.0. The highest BCUT2D eigenvalue weighted by molar-refractivity contribution is 5.91. The number of rotatable bonds is 12. The van der Waals surface area contributed by atoms with Gasteiger partial charge in [0.15, 0.2) is 6.29 Å². The second-order valence-electron chi connectivity index (χ2n) is 10.6. The molecule has 10 heteroatoms. The molecular weight excluding hydrogens is 550 g/mol. The molecule has 1 heterocycles. The van der Waals surface area contributed by atoms with Gasteiger partial charge in [-0.25, -0.2) is 4.79 Å². The molecule has 1 fully saturated rings. The molecule has 4 N–H and O–H groups in total. The zero-order valence-electron chi connectivity index (χ0n) is 24.8. The summed E-state index contributed by atoms with van der Waals surface area (Å²) in [5.74, 6) is -0.518. The molecule has 10 nitrogen and oxygen atoms in total. The standard InChI is InChI=1S/C33H41N3O7/c1-4-41-30(38)19-34-33(40)35-27-12-8-11-26(17-27)32-42-28(18-29(43-32)24-15-13-23(21-37)14-16-24)20-36(3)22(2)31(39)25-9-6-5-7-10-25/h5-17,22,28-29,31-32,37,39H,4,18-21H2,1-3H3,(H2,34,35,40)/t22-,28+,29-,31-,32-/m0/s1. The first kappa shape index (κ1) is 32.1. The van der Waals surface area contributed by atoms with E-state index in [9.17, 15) is 19.8 Å². The molecule has 1 saturated heterocycles. The Labute approximate surface area is 252 Å². The summed E-state index contributed by atoms with van der Waals surface area (Å²) in [6.45, 7) is 4.19. The zero-order chi connectivity index (χ0) is 30.8. The van der Waals surface area contributed by atoms with Gasteiger partial charge in [0.05, 0.1) is 31.5 Å². The first-order chi connectivity index (χ1) is 20.8. The third-order valence-corrected chi connectivity index (χ3v) is 7.52. The molecule has 2 amide bonds. The maximum Gasteiger partial charge on any atom is 0.325 e. The molecule has 5 atom stereocenters. The van der Waals surface area contributed by atoms with E-state index in [0.29, 0.717) is 24.2 Å². The van der Waals surface area contributed by atoms with Crippen molar-refractivity contribution >= 4 is 17.7 Å². The van der Waals surface area contributed by atoms with Crippen LogP contribution in [0.1, 0.15) is 61.0 Å². The van der Waals surface area contributed by atoms with Gasteiger partial charge < -0.3 is 35.1 Å². The second-order valence-corrected chi connectivity index (χ2v) is 10.6. The lowest BCUT2D eigenvalue weighted by molar-refractivity contribution is -0.253. The molecule has 3 aromatic carbocycles. The van der Waals surface area contributed by atoms with Crippen molar-refractivity contribution < 1.29 is 34.0 Å². The van der Waals surface area contributed by atoms with Crippen molar-refractivity contribution in [2.75, 3.05) is 32.1 Å². The van der Waals surface area contributed by atoms with Gasteiger partial charge in [-0.05, 0) is 49.7 Å². The van der Waals surface area contributed by atoms with Crippen LogP contribution >= 0.6 is 0 Å². The van der Waals surface area contributed by atoms with Gasteiger partial charge in [0.25, 0.3) is 0 Å². The minimum Gasteiger partial charge on any atom is -0.465 e. The van der Waals surface area contributed by atoms with E-state index in [1.165, 1.54) is 0 Å². The summed E-state index contributed by atoms with van der Waals surface area (Å²) in [5, 5.41) is 25.7. The van der Waals surface area contributed by atoms with E-state index in [2.05, 4.69) is 15.5 Å². The lowest BCUT2D eigenvalue weighted by Crippen LogP contribution is -2.43. The molecular formula is C33H41N3O7. The fourth-order valence-corrected chi connectivity index (χ4v) is 4.99. The number of likely N-dealkylation sites (N-methyl/N-ethyl adjacent to an activating group) is 1. The minimum atomic E-state index is -0.728. The second kappa shape index (κ2) is 15.6. The van der Waals surface area contributed by atoms with Gasteiger partial charge in [-0.2, -0.15) is 0 Å². The third-order valence-electron chi connectivity index (χ3n) is 7.52. The van der Waals surface area contributed by atoms with Gasteiger partial charge in [0, 0.05) is 30.3 Å². The van der Waals surface area contributed by atoms with E-state index in [0.717, 1.165) is 16.7 Å². The highest BCUT2D eigenvalue weighted by atomic mass is 16.7. The smallest absolute Gasteiger partial charge is 0.325 e. The van der Waals surface area contributed by atoms with E-state index < -0.39 is 24.4 Å². The Kier molecular flexibility index (Phi) is 11.7. The zero-order valence-corrected chi connectivity index (χ0v) is 24.8. The highest BCUT2D eigenvalue weighted by Gasteiger charge is 2.34. The van der Waals surface area contributed by atoms with Crippen LogP contribution in [0, 0.1) is 0 Å². The minimum absolute atomic E-state index is 0.0419. The maximum atomic E-state index is 12.4. The van der Waals surface area contributed by atoms with E-state index in [4.69, 9.17) is 14.2 Å². The number of anilines is 1. The predicted octanol–water partition coefficient (Wildman–Crippen LogP) is 4.46. The molecule has 1 aliphatic rings. The van der Waals surface area contributed by atoms with Crippen molar-refractivity contribution in [2.45, 2.75) is 57.5 Å². The van der Waals surface area contributed by atoms with Crippen LogP contribution in [0.3, 0.4) is 0 Å². The van der Waals surface area contributed by atoms with Crippen molar-refractivity contribution in [1.29, 1.82) is 0 Å². The molecule has 43 heavy (non-hydrogen) atoms. The molecule has 1 aliphatic heterocycles. The molecule has 0 radical (unpaired) electrons. The number of aliphatic hydroxyl groups is 2. The van der Waals surface area contributed by atoms with Crippen LogP contribution in [0.5, 0.6) is 0 Å². The van der Waals surface area contributed by atoms with Crippen LogP contribution in [-0.2, 0) is 25.6 Å². The van der Waals surface area contributed by atoms with Gasteiger partial charge >= 0.3 is 12.0 Å². The number of esters is 1. The van der Waals surface area contributed by atoms with Gasteiger partial charge in [-0.15, -0.1) is 0 Å². The number of aliphatic hydroxyl groups excluding tert-OH is 2. The van der Waals surface area contributed by atoms with Crippen LogP contribution in [0.15, 0.2) is 78.9 Å². The summed E-state index contributed by atoms with van der Waals surface area (Å²) >= 11 is 0. The number of nitrogens with zero attached hydrogens (tertiary/aromatic N) is 1. The number of carbonyl (C=O) groups excluding carboxylic acids is 2. The van der Waals surface area contributed by atoms with Crippen molar-refractivity contribution in [2.24, 2.45) is 0 Å². The number of hydrogen-bond donors (Lipinski definition) is 4. The summed E-state index contributed by atoms with van der Waals surface area (Å²) < 4.78 is 17.8. The van der Waals surface area contributed by atoms with Crippen LogP contribution in [0.4, 0.5) is 10.5 Å². The average molecular weight is 592 g/mol. The molecule has 0 bridgehead atoms. The monoisotopic (exact) mass is 591 g/mol. The van der Waals surface area contributed by atoms with Gasteiger partial charge in [-0.1, -0.05) is 66.7 Å². The molecule has 230 valence electrons. The van der Waals surface area contributed by atoms with Crippen LogP contribution in [0.2, 0.25) is 0 Å². The molecule has 3 aromatic rings. The van der Waals surface area contributed by atoms with E-state index >= 15 is 0 Å². The first-order valence-electron chi connectivity index (χ1n) is 14.5. The van der Waals surface area contributed by atoms with Gasteiger partial charge in [0.1, 0.15) is 6.54 Å². The lowest BCUT2D eigenvalue weighted by Gasteiger charge is -2.39. The number of amides is 2. The van der Waals surface area contributed by atoms with E-state index in [-0.39, 0.29) is 38.0 Å². The Morgan fingerprint density at radius 2 is 1.77 bits per heavy atom. The molecule has 4 rings (SSSR count). The topological polar surface area (TPSA) is 130 Å².